The maximum absolute atomic E-state index is 13.9. The predicted octanol–water partition coefficient (Wildman–Crippen LogP) is 0.556. The summed E-state index contributed by atoms with van der Waals surface area (Å²) in [6.07, 6.45) is 2.28. The first-order valence-corrected chi connectivity index (χ1v) is 13.4. The Morgan fingerprint density at radius 2 is 1.88 bits per heavy atom. The molecule has 0 spiro atoms. The van der Waals surface area contributed by atoms with Crippen molar-refractivity contribution in [1.29, 1.82) is 0 Å². The minimum absolute atomic E-state index is 0.0207. The third-order valence-corrected chi connectivity index (χ3v) is 8.64. The molecule has 214 valence electrons. The lowest BCUT2D eigenvalue weighted by molar-refractivity contribution is -0.153. The van der Waals surface area contributed by atoms with E-state index in [1.165, 1.54) is 25.1 Å². The van der Waals surface area contributed by atoms with Crippen LogP contribution in [0, 0.1) is 17.8 Å². The van der Waals surface area contributed by atoms with Crippen LogP contribution in [0.4, 0.5) is 5.69 Å². The van der Waals surface area contributed by atoms with Gasteiger partial charge in [-0.3, -0.25) is 24.1 Å². The van der Waals surface area contributed by atoms with Crippen LogP contribution in [0.25, 0.3) is 5.76 Å². The molecule has 4 atom stereocenters. The van der Waals surface area contributed by atoms with Gasteiger partial charge in [-0.05, 0) is 69.8 Å². The fourth-order valence-electron chi connectivity index (χ4n) is 6.28. The Hall–Kier alpha value is -3.45. The highest BCUT2D eigenvalue weighted by Crippen LogP contribution is 2.54. The number of hydrogen-bond donors (Lipinski definition) is 7. The number of benzene rings is 1. The van der Waals surface area contributed by atoms with Crippen LogP contribution in [0.15, 0.2) is 23.0 Å². The Morgan fingerprint density at radius 3 is 2.48 bits per heavy atom. The maximum atomic E-state index is 13.9. The highest BCUT2D eigenvalue weighted by atomic mass is 35.5. The van der Waals surface area contributed by atoms with E-state index in [1.54, 1.807) is 0 Å². The molecule has 1 aromatic rings. The molecule has 0 heterocycles. The number of likely N-dealkylation sites (N-methyl/N-ethyl adjacent to an activating group) is 1. The van der Waals surface area contributed by atoms with Gasteiger partial charge in [-0.15, -0.1) is 0 Å². The second kappa shape index (κ2) is 9.88. The average molecular weight is 575 g/mol. The molecule has 2 fully saturated rings. The van der Waals surface area contributed by atoms with Crippen LogP contribution in [0.2, 0.25) is 5.02 Å². The number of primary amides is 1. The molecule has 3 unspecified atom stereocenters. The van der Waals surface area contributed by atoms with Gasteiger partial charge in [0, 0.05) is 11.5 Å². The number of hydrogen-bond acceptors (Lipinski definition) is 10. The van der Waals surface area contributed by atoms with Crippen LogP contribution >= 0.6 is 11.6 Å². The number of fused-ring (bicyclic) bond motifs is 3. The van der Waals surface area contributed by atoms with Crippen molar-refractivity contribution in [2.24, 2.45) is 23.5 Å². The van der Waals surface area contributed by atoms with E-state index < -0.39 is 69.7 Å². The monoisotopic (exact) mass is 574 g/mol. The van der Waals surface area contributed by atoms with E-state index in [-0.39, 0.29) is 41.2 Å². The quantitative estimate of drug-likeness (QED) is 0.178. The van der Waals surface area contributed by atoms with Crippen molar-refractivity contribution in [3.05, 3.63) is 39.1 Å². The number of nitrogens with two attached hydrogens (primary N) is 1. The summed E-state index contributed by atoms with van der Waals surface area (Å²) in [4.78, 5) is 53.0. The molecule has 0 aromatic heterocycles. The molecule has 40 heavy (non-hydrogen) atoms. The molecule has 0 aliphatic heterocycles. The van der Waals surface area contributed by atoms with Crippen molar-refractivity contribution in [3.63, 3.8) is 0 Å². The van der Waals surface area contributed by atoms with E-state index in [1.807, 2.05) is 0 Å². The van der Waals surface area contributed by atoms with E-state index in [4.69, 9.17) is 17.3 Å². The zero-order valence-electron chi connectivity index (χ0n) is 22.0. The van der Waals surface area contributed by atoms with Gasteiger partial charge in [0.25, 0.3) is 5.91 Å². The SMILES string of the molecule is CN(C)[C@@H]1C(=O)C(C(N)=O)=C(O)C2(O)C(=O)C3=C(O)c4c(cc(Cl)c(NC(=O)CNCC5CC5)c4O)CC3CC12. The third-order valence-electron chi connectivity index (χ3n) is 8.34. The minimum Gasteiger partial charge on any atom is -0.508 e. The molecule has 0 bridgehead atoms. The number of nitrogens with one attached hydrogen (secondary N) is 2. The molecular weight excluding hydrogens is 544 g/mol. The van der Waals surface area contributed by atoms with Crippen molar-refractivity contribution in [2.75, 3.05) is 32.5 Å². The topological polar surface area (TPSA) is 203 Å². The summed E-state index contributed by atoms with van der Waals surface area (Å²) in [6, 6.07) is 0.306. The Bertz CT molecular complexity index is 1420. The molecule has 5 rings (SSSR count). The predicted molar refractivity (Wildman–Crippen MR) is 143 cm³/mol. The highest BCUT2D eigenvalue weighted by molar-refractivity contribution is 6.34. The summed E-state index contributed by atoms with van der Waals surface area (Å²) in [5.41, 5.74) is 1.53. The van der Waals surface area contributed by atoms with Gasteiger partial charge in [0.05, 0.1) is 23.2 Å². The highest BCUT2D eigenvalue weighted by Gasteiger charge is 2.64. The normalized spacial score (nSPS) is 27.9. The molecule has 13 heteroatoms. The number of carbonyl (C=O) groups is 4. The van der Waals surface area contributed by atoms with Crippen LogP contribution in [-0.2, 0) is 25.6 Å². The summed E-state index contributed by atoms with van der Waals surface area (Å²) in [6.45, 7) is 0.668. The number of anilines is 1. The van der Waals surface area contributed by atoms with Gasteiger partial charge in [-0.2, -0.15) is 0 Å². The summed E-state index contributed by atoms with van der Waals surface area (Å²) < 4.78 is 0. The van der Waals surface area contributed by atoms with Gasteiger partial charge in [0.2, 0.25) is 11.7 Å². The lowest BCUT2D eigenvalue weighted by Crippen LogP contribution is -2.65. The van der Waals surface area contributed by atoms with Crippen LogP contribution in [0.3, 0.4) is 0 Å². The van der Waals surface area contributed by atoms with Gasteiger partial charge < -0.3 is 36.8 Å². The number of halogens is 1. The van der Waals surface area contributed by atoms with Crippen molar-refractivity contribution in [3.8, 4) is 5.75 Å². The van der Waals surface area contributed by atoms with Gasteiger partial charge in [0.1, 0.15) is 22.8 Å². The van der Waals surface area contributed by atoms with Crippen LogP contribution in [-0.4, -0.2) is 87.5 Å². The molecule has 2 saturated carbocycles. The number of aromatic hydroxyl groups is 1. The van der Waals surface area contributed by atoms with Crippen LogP contribution in [0.5, 0.6) is 5.75 Å². The summed E-state index contributed by atoms with van der Waals surface area (Å²) in [7, 11) is 3.06. The molecule has 0 saturated heterocycles. The van der Waals surface area contributed by atoms with E-state index >= 15 is 0 Å². The minimum atomic E-state index is -2.73. The van der Waals surface area contributed by atoms with Crippen molar-refractivity contribution < 1.29 is 39.6 Å². The molecule has 4 aliphatic rings. The summed E-state index contributed by atoms with van der Waals surface area (Å²) >= 11 is 6.40. The number of amides is 2. The van der Waals surface area contributed by atoms with Gasteiger partial charge in [-0.1, -0.05) is 11.6 Å². The molecular formula is C27H31ClN4O8. The van der Waals surface area contributed by atoms with Crippen molar-refractivity contribution in [1.82, 2.24) is 10.2 Å². The molecule has 12 nitrogen and oxygen atoms in total. The van der Waals surface area contributed by atoms with E-state index in [2.05, 4.69) is 10.6 Å². The zero-order chi connectivity index (χ0) is 29.3. The summed E-state index contributed by atoms with van der Waals surface area (Å²) in [5, 5.41) is 50.5. The van der Waals surface area contributed by atoms with Crippen LogP contribution in [0.1, 0.15) is 30.4 Å². The Morgan fingerprint density at radius 1 is 1.20 bits per heavy atom. The molecule has 8 N–H and O–H groups in total. The van der Waals surface area contributed by atoms with Crippen LogP contribution < -0.4 is 16.4 Å². The van der Waals surface area contributed by atoms with Gasteiger partial charge >= 0.3 is 0 Å². The smallest absolute Gasteiger partial charge is 0.255 e. The molecule has 2 amide bonds. The Kier molecular flexibility index (Phi) is 6.94. The standard InChI is InChI=1S/C27H31ClN4O8/c1-32(2)20-13-6-11-5-12-7-14(28)19(31-15(33)9-30-8-10-3-4-10)22(35)16(12)21(34)17(11)24(37)27(13,40)25(38)18(23(20)36)26(29)39/h7,10-11,13,20,30,34-35,38,40H,3-6,8-9H2,1-2H3,(H2,29,39)(H,31,33)/t11?,13?,20-,27?/m0/s1. The number of Topliss-reactive ketones (excluding diaryl/α,β-unsaturated/α-hetero) is 2. The lowest BCUT2D eigenvalue weighted by Gasteiger charge is -2.50. The third kappa shape index (κ3) is 4.26. The largest absolute Gasteiger partial charge is 0.508 e. The second-order valence-electron chi connectivity index (χ2n) is 11.2. The van der Waals surface area contributed by atoms with E-state index in [0.29, 0.717) is 18.0 Å². The van der Waals surface area contributed by atoms with Crippen molar-refractivity contribution in [2.45, 2.75) is 37.3 Å². The van der Waals surface area contributed by atoms with Gasteiger partial charge in [0.15, 0.2) is 17.1 Å². The number of phenols is 1. The second-order valence-corrected chi connectivity index (χ2v) is 11.6. The number of nitrogens with zero attached hydrogens (tertiary/aromatic N) is 1. The number of aliphatic hydroxyl groups is 3. The van der Waals surface area contributed by atoms with E-state index in [0.717, 1.165) is 12.8 Å². The zero-order valence-corrected chi connectivity index (χ0v) is 22.7. The lowest BCUT2D eigenvalue weighted by atomic mass is 9.57. The Labute approximate surface area is 234 Å². The first-order chi connectivity index (χ1) is 18.8. The molecule has 4 aliphatic carbocycles. The number of phenolic OH excluding ortho intramolecular Hbond substituents is 1. The number of carbonyl (C=O) groups excluding carboxylic acids is 4. The number of ketones is 2. The number of rotatable bonds is 7. The number of aliphatic hydroxyl groups excluding tert-OH is 2. The Balaban J connectivity index is 1.56. The first kappa shape index (κ1) is 28.1. The fraction of sp³-hybridized carbons (Fsp3) is 0.481. The fourth-order valence-corrected chi connectivity index (χ4v) is 6.55. The van der Waals surface area contributed by atoms with Crippen molar-refractivity contribution >= 4 is 46.4 Å². The van der Waals surface area contributed by atoms with E-state index in [9.17, 15) is 39.6 Å². The molecule has 1 aromatic carbocycles. The average Bonchev–Trinajstić information content (AvgIpc) is 3.68. The maximum Gasteiger partial charge on any atom is 0.255 e. The van der Waals surface area contributed by atoms with Gasteiger partial charge in [-0.25, -0.2) is 0 Å². The first-order valence-electron chi connectivity index (χ1n) is 13.0. The summed E-state index contributed by atoms with van der Waals surface area (Å²) in [5.74, 6) is -7.42. The molecule has 0 radical (unpaired) electrons.